The van der Waals surface area contributed by atoms with Crippen LogP contribution in [0, 0.1) is 0 Å². The smallest absolute Gasteiger partial charge is 0.277 e. The summed E-state index contributed by atoms with van der Waals surface area (Å²) in [6, 6.07) is 7.60. The van der Waals surface area contributed by atoms with Gasteiger partial charge in [0.1, 0.15) is 6.26 Å². The first-order chi connectivity index (χ1) is 9.22. The number of hydrogen-bond donors (Lipinski definition) is 2. The molecule has 2 aromatic rings. The van der Waals surface area contributed by atoms with Crippen molar-refractivity contribution in [1.29, 1.82) is 0 Å². The predicted molar refractivity (Wildman–Crippen MR) is 75.4 cm³/mol. The van der Waals surface area contributed by atoms with Crippen LogP contribution in [0.2, 0.25) is 0 Å². The van der Waals surface area contributed by atoms with Gasteiger partial charge in [0, 0.05) is 23.5 Å². The molecule has 0 aliphatic heterocycles. The van der Waals surface area contributed by atoms with Gasteiger partial charge in [0.25, 0.3) is 5.91 Å². The molecule has 0 fully saturated rings. The number of thioether (sulfide) groups is 1. The lowest BCUT2D eigenvalue weighted by Crippen LogP contribution is -2.12. The van der Waals surface area contributed by atoms with E-state index in [1.54, 1.807) is 11.8 Å². The van der Waals surface area contributed by atoms with Gasteiger partial charge in [-0.1, -0.05) is 0 Å². The molecular formula is C13H15N3O2S. The minimum atomic E-state index is -0.288. The number of hydrogen-bond acceptors (Lipinski definition) is 5. The van der Waals surface area contributed by atoms with Gasteiger partial charge in [-0.25, -0.2) is 4.98 Å². The third-order valence-electron chi connectivity index (χ3n) is 2.49. The number of carbonyl (C=O) groups is 1. The molecule has 0 bridgehead atoms. The summed E-state index contributed by atoms with van der Waals surface area (Å²) in [6.45, 7) is 0.442. The van der Waals surface area contributed by atoms with Crippen molar-refractivity contribution < 1.29 is 9.21 Å². The normalized spacial score (nSPS) is 10.4. The number of nitrogens with zero attached hydrogens (tertiary/aromatic N) is 1. The second kappa shape index (κ2) is 6.40. The van der Waals surface area contributed by atoms with Gasteiger partial charge >= 0.3 is 0 Å². The lowest BCUT2D eigenvalue weighted by Gasteiger charge is -2.03. The average molecular weight is 277 g/mol. The van der Waals surface area contributed by atoms with Gasteiger partial charge in [-0.2, -0.15) is 0 Å². The van der Waals surface area contributed by atoms with Crippen molar-refractivity contribution >= 4 is 23.4 Å². The largest absolute Gasteiger partial charge is 0.448 e. The summed E-state index contributed by atoms with van der Waals surface area (Å²) in [7, 11) is 0. The Bertz CT molecular complexity index is 551. The number of nitrogens with two attached hydrogens (primary N) is 1. The van der Waals surface area contributed by atoms with Crippen LogP contribution >= 0.6 is 11.8 Å². The standard InChI is InChI=1S/C13H15N3O2S/c1-19-10-4-2-9(3-5-10)15-13(17)11-8-18-12(16-11)6-7-14/h2-5,8H,6-7,14H2,1H3,(H,15,17). The molecule has 0 radical (unpaired) electrons. The molecule has 1 aromatic heterocycles. The molecule has 5 nitrogen and oxygen atoms in total. The molecule has 0 unspecified atom stereocenters. The summed E-state index contributed by atoms with van der Waals surface area (Å²) in [5.74, 6) is 0.189. The summed E-state index contributed by atoms with van der Waals surface area (Å²) in [5.41, 5.74) is 6.38. The van der Waals surface area contributed by atoms with Crippen molar-refractivity contribution in [1.82, 2.24) is 4.98 Å². The summed E-state index contributed by atoms with van der Waals surface area (Å²) in [6.07, 6.45) is 3.87. The first kappa shape index (κ1) is 13.6. The van der Waals surface area contributed by atoms with E-state index < -0.39 is 0 Å². The van der Waals surface area contributed by atoms with Crippen molar-refractivity contribution in [3.8, 4) is 0 Å². The van der Waals surface area contributed by atoms with Crippen LogP contribution in [0.1, 0.15) is 16.4 Å². The minimum Gasteiger partial charge on any atom is -0.448 e. The van der Waals surface area contributed by atoms with E-state index in [9.17, 15) is 4.79 Å². The van der Waals surface area contributed by atoms with Crippen LogP contribution < -0.4 is 11.1 Å². The maximum absolute atomic E-state index is 11.9. The molecule has 0 spiro atoms. The molecule has 3 N–H and O–H groups in total. The molecule has 0 saturated heterocycles. The first-order valence-electron chi connectivity index (χ1n) is 5.83. The van der Waals surface area contributed by atoms with E-state index in [2.05, 4.69) is 10.3 Å². The van der Waals surface area contributed by atoms with E-state index in [-0.39, 0.29) is 11.6 Å². The highest BCUT2D eigenvalue weighted by atomic mass is 32.2. The number of rotatable bonds is 5. The highest BCUT2D eigenvalue weighted by Crippen LogP contribution is 2.18. The minimum absolute atomic E-state index is 0.261. The van der Waals surface area contributed by atoms with E-state index in [0.717, 1.165) is 10.6 Å². The van der Waals surface area contributed by atoms with Gasteiger partial charge in [-0.15, -0.1) is 11.8 Å². The number of aromatic nitrogens is 1. The number of anilines is 1. The van der Waals surface area contributed by atoms with Crippen LogP contribution in [0.25, 0.3) is 0 Å². The lowest BCUT2D eigenvalue weighted by atomic mass is 10.3. The Hall–Kier alpha value is -1.79. The lowest BCUT2D eigenvalue weighted by molar-refractivity contribution is 0.102. The summed E-state index contributed by atoms with van der Waals surface area (Å²) in [5, 5.41) is 2.76. The zero-order chi connectivity index (χ0) is 13.7. The Balaban J connectivity index is 2.02. The molecular weight excluding hydrogens is 262 g/mol. The topological polar surface area (TPSA) is 81.2 Å². The van der Waals surface area contributed by atoms with Gasteiger partial charge in [0.05, 0.1) is 0 Å². The quantitative estimate of drug-likeness (QED) is 0.818. The van der Waals surface area contributed by atoms with Crippen molar-refractivity contribution in [3.05, 3.63) is 42.1 Å². The molecule has 0 aliphatic carbocycles. The fourth-order valence-corrected chi connectivity index (χ4v) is 1.93. The summed E-state index contributed by atoms with van der Waals surface area (Å²) in [4.78, 5) is 17.1. The molecule has 6 heteroatoms. The zero-order valence-electron chi connectivity index (χ0n) is 10.6. The number of amides is 1. The summed E-state index contributed by atoms with van der Waals surface area (Å²) < 4.78 is 5.15. The molecule has 0 atom stereocenters. The molecule has 100 valence electrons. The van der Waals surface area contributed by atoms with Crippen LogP contribution in [0.4, 0.5) is 5.69 Å². The van der Waals surface area contributed by atoms with Gasteiger partial charge in [-0.3, -0.25) is 4.79 Å². The fraction of sp³-hybridized carbons (Fsp3) is 0.231. The van der Waals surface area contributed by atoms with E-state index >= 15 is 0 Å². The monoisotopic (exact) mass is 277 g/mol. The molecule has 1 heterocycles. The maximum Gasteiger partial charge on any atom is 0.277 e. The second-order valence-electron chi connectivity index (χ2n) is 3.85. The Morgan fingerprint density at radius 3 is 2.79 bits per heavy atom. The summed E-state index contributed by atoms with van der Waals surface area (Å²) >= 11 is 1.65. The van der Waals surface area contributed by atoms with E-state index in [1.165, 1.54) is 6.26 Å². The second-order valence-corrected chi connectivity index (χ2v) is 4.73. The van der Waals surface area contributed by atoms with Crippen molar-refractivity contribution in [3.63, 3.8) is 0 Å². The van der Waals surface area contributed by atoms with Crippen LogP contribution in [-0.4, -0.2) is 23.7 Å². The third-order valence-corrected chi connectivity index (χ3v) is 3.23. The van der Waals surface area contributed by atoms with E-state index in [0.29, 0.717) is 18.9 Å². The third kappa shape index (κ3) is 3.59. The molecule has 1 amide bonds. The molecule has 19 heavy (non-hydrogen) atoms. The Kier molecular flexibility index (Phi) is 4.59. The molecule has 0 aliphatic rings. The average Bonchev–Trinajstić information content (AvgIpc) is 2.89. The van der Waals surface area contributed by atoms with E-state index in [4.69, 9.17) is 10.2 Å². The van der Waals surface area contributed by atoms with Gasteiger partial charge in [-0.05, 0) is 30.5 Å². The van der Waals surface area contributed by atoms with Crippen LogP contribution in [-0.2, 0) is 6.42 Å². The van der Waals surface area contributed by atoms with Crippen LogP contribution in [0.15, 0.2) is 39.8 Å². The maximum atomic E-state index is 11.9. The number of carbonyl (C=O) groups excluding carboxylic acids is 1. The van der Waals surface area contributed by atoms with Crippen molar-refractivity contribution in [2.24, 2.45) is 5.73 Å². The Morgan fingerprint density at radius 2 is 2.16 bits per heavy atom. The molecule has 0 saturated carbocycles. The number of oxazole rings is 1. The zero-order valence-corrected chi connectivity index (χ0v) is 11.4. The Labute approximate surface area is 115 Å². The van der Waals surface area contributed by atoms with Gasteiger partial charge in [0.2, 0.25) is 0 Å². The van der Waals surface area contributed by atoms with Crippen molar-refractivity contribution in [2.75, 3.05) is 18.1 Å². The van der Waals surface area contributed by atoms with Gasteiger partial charge in [0.15, 0.2) is 11.6 Å². The highest BCUT2D eigenvalue weighted by Gasteiger charge is 2.12. The fourth-order valence-electron chi connectivity index (χ4n) is 1.52. The van der Waals surface area contributed by atoms with E-state index in [1.807, 2.05) is 30.5 Å². The first-order valence-corrected chi connectivity index (χ1v) is 7.05. The number of benzene rings is 1. The van der Waals surface area contributed by atoms with Gasteiger partial charge < -0.3 is 15.5 Å². The predicted octanol–water partition coefficient (Wildman–Crippen LogP) is 2.15. The Morgan fingerprint density at radius 1 is 1.42 bits per heavy atom. The van der Waals surface area contributed by atoms with Crippen molar-refractivity contribution in [2.45, 2.75) is 11.3 Å². The molecule has 1 aromatic carbocycles. The highest BCUT2D eigenvalue weighted by molar-refractivity contribution is 7.98. The molecule has 2 rings (SSSR count). The SMILES string of the molecule is CSc1ccc(NC(=O)c2coc(CCN)n2)cc1. The van der Waals surface area contributed by atoms with Crippen LogP contribution in [0.5, 0.6) is 0 Å². The van der Waals surface area contributed by atoms with Crippen LogP contribution in [0.3, 0.4) is 0 Å². The number of nitrogens with one attached hydrogen (secondary N) is 1.